The molecule has 7 nitrogen and oxygen atoms in total. The molecular formula is C20H21N5O2. The maximum atomic E-state index is 12.4. The van der Waals surface area contributed by atoms with E-state index in [1.807, 2.05) is 32.0 Å². The van der Waals surface area contributed by atoms with Crippen molar-refractivity contribution in [3.63, 3.8) is 0 Å². The minimum atomic E-state index is -0.346. The monoisotopic (exact) mass is 363 g/mol. The fraction of sp³-hybridized carbons (Fsp3) is 0.300. The lowest BCUT2D eigenvalue weighted by Crippen LogP contribution is -2.33. The van der Waals surface area contributed by atoms with Gasteiger partial charge in [0.05, 0.1) is 18.4 Å². The predicted molar refractivity (Wildman–Crippen MR) is 103 cm³/mol. The van der Waals surface area contributed by atoms with E-state index in [4.69, 9.17) is 0 Å². The number of aryl methyl sites for hydroxylation is 1. The number of hydrogen-bond acceptors (Lipinski definition) is 4. The van der Waals surface area contributed by atoms with Crippen molar-refractivity contribution in [1.29, 1.82) is 0 Å². The van der Waals surface area contributed by atoms with Crippen molar-refractivity contribution in [3.05, 3.63) is 53.5 Å². The number of nitrogens with zero attached hydrogens (tertiary/aromatic N) is 3. The molecule has 4 rings (SSSR count). The van der Waals surface area contributed by atoms with Crippen LogP contribution in [0.1, 0.15) is 40.4 Å². The fourth-order valence-corrected chi connectivity index (χ4v) is 3.01. The normalized spacial score (nSPS) is 13.6. The summed E-state index contributed by atoms with van der Waals surface area (Å²) >= 11 is 0. The molecule has 0 aliphatic heterocycles. The molecule has 1 aliphatic rings. The third-order valence-electron chi connectivity index (χ3n) is 4.90. The van der Waals surface area contributed by atoms with Gasteiger partial charge in [-0.3, -0.25) is 9.59 Å². The van der Waals surface area contributed by atoms with Gasteiger partial charge in [-0.2, -0.15) is 0 Å². The SMILES string of the molecule is Cc1cccc(NC(=O)CNC(=O)c2cnc3c(c2)ncn3C2CC2)c1C. The number of amides is 2. The Labute approximate surface area is 156 Å². The number of rotatable bonds is 5. The second-order valence-electron chi connectivity index (χ2n) is 6.93. The van der Waals surface area contributed by atoms with Crippen molar-refractivity contribution in [2.45, 2.75) is 32.7 Å². The Kier molecular flexibility index (Phi) is 4.35. The summed E-state index contributed by atoms with van der Waals surface area (Å²) in [5.74, 6) is -0.620. The van der Waals surface area contributed by atoms with Crippen molar-refractivity contribution in [1.82, 2.24) is 19.9 Å². The standard InChI is InChI=1S/C20H21N5O2/c1-12-4-3-5-16(13(12)2)24-18(26)10-22-20(27)14-8-17-19(21-9-14)25(11-23-17)15-6-7-15/h3-5,8-9,11,15H,6-7,10H2,1-2H3,(H,22,27)(H,24,26). The predicted octanol–water partition coefficient (Wildman–Crippen LogP) is 2.75. The molecule has 27 heavy (non-hydrogen) atoms. The summed E-state index contributed by atoms with van der Waals surface area (Å²) in [6.07, 6.45) is 5.59. The van der Waals surface area contributed by atoms with Gasteiger partial charge in [-0.1, -0.05) is 12.1 Å². The van der Waals surface area contributed by atoms with E-state index >= 15 is 0 Å². The van der Waals surface area contributed by atoms with Crippen molar-refractivity contribution >= 4 is 28.7 Å². The van der Waals surface area contributed by atoms with E-state index < -0.39 is 0 Å². The molecule has 7 heteroatoms. The third kappa shape index (κ3) is 3.53. The molecule has 1 saturated carbocycles. The number of hydrogen-bond donors (Lipinski definition) is 2. The summed E-state index contributed by atoms with van der Waals surface area (Å²) < 4.78 is 2.05. The highest BCUT2D eigenvalue weighted by molar-refractivity contribution is 6.00. The molecule has 1 aliphatic carbocycles. The first kappa shape index (κ1) is 17.2. The molecule has 0 radical (unpaired) electrons. The zero-order valence-corrected chi connectivity index (χ0v) is 15.3. The van der Waals surface area contributed by atoms with Gasteiger partial charge in [-0.05, 0) is 49.9 Å². The number of aromatic nitrogens is 3. The van der Waals surface area contributed by atoms with Crippen molar-refractivity contribution in [2.75, 3.05) is 11.9 Å². The second-order valence-corrected chi connectivity index (χ2v) is 6.93. The first-order valence-corrected chi connectivity index (χ1v) is 9.00. The Morgan fingerprint density at radius 1 is 1.22 bits per heavy atom. The summed E-state index contributed by atoms with van der Waals surface area (Å²) in [7, 11) is 0. The molecule has 1 aromatic carbocycles. The van der Waals surface area contributed by atoms with Crippen LogP contribution in [0.3, 0.4) is 0 Å². The van der Waals surface area contributed by atoms with E-state index in [0.717, 1.165) is 35.3 Å². The van der Waals surface area contributed by atoms with Crippen LogP contribution in [0.2, 0.25) is 0 Å². The molecule has 2 aromatic heterocycles. The van der Waals surface area contributed by atoms with Crippen LogP contribution in [0.4, 0.5) is 5.69 Å². The van der Waals surface area contributed by atoms with Crippen LogP contribution in [0, 0.1) is 13.8 Å². The molecule has 0 unspecified atom stereocenters. The average Bonchev–Trinajstić information content (AvgIpc) is 3.42. The molecule has 0 spiro atoms. The number of pyridine rings is 1. The topological polar surface area (TPSA) is 88.9 Å². The summed E-state index contributed by atoms with van der Waals surface area (Å²) in [5, 5.41) is 5.46. The molecule has 3 aromatic rings. The highest BCUT2D eigenvalue weighted by Crippen LogP contribution is 2.36. The lowest BCUT2D eigenvalue weighted by atomic mass is 10.1. The third-order valence-corrected chi connectivity index (χ3v) is 4.90. The van der Waals surface area contributed by atoms with Gasteiger partial charge in [-0.25, -0.2) is 9.97 Å². The van der Waals surface area contributed by atoms with Crippen LogP contribution >= 0.6 is 0 Å². The molecule has 2 N–H and O–H groups in total. The van der Waals surface area contributed by atoms with Gasteiger partial charge in [0.25, 0.3) is 5.91 Å². The number of carbonyl (C=O) groups excluding carboxylic acids is 2. The van der Waals surface area contributed by atoms with Crippen LogP contribution in [-0.2, 0) is 4.79 Å². The minimum absolute atomic E-state index is 0.110. The van der Waals surface area contributed by atoms with E-state index in [2.05, 4.69) is 25.2 Å². The zero-order chi connectivity index (χ0) is 19.0. The Balaban J connectivity index is 1.39. The largest absolute Gasteiger partial charge is 0.343 e. The van der Waals surface area contributed by atoms with Crippen LogP contribution in [-0.4, -0.2) is 32.9 Å². The highest BCUT2D eigenvalue weighted by Gasteiger charge is 2.25. The van der Waals surface area contributed by atoms with Gasteiger partial charge in [0, 0.05) is 17.9 Å². The maximum absolute atomic E-state index is 12.4. The van der Waals surface area contributed by atoms with E-state index in [-0.39, 0.29) is 18.4 Å². The molecule has 0 atom stereocenters. The smallest absolute Gasteiger partial charge is 0.253 e. The summed E-state index contributed by atoms with van der Waals surface area (Å²) in [6, 6.07) is 7.91. The Morgan fingerprint density at radius 2 is 2.04 bits per heavy atom. The number of benzene rings is 1. The number of carbonyl (C=O) groups is 2. The minimum Gasteiger partial charge on any atom is -0.343 e. The van der Waals surface area contributed by atoms with E-state index in [0.29, 0.717) is 17.1 Å². The number of imidazole rings is 1. The molecule has 2 amide bonds. The van der Waals surface area contributed by atoms with E-state index in [9.17, 15) is 9.59 Å². The molecule has 0 bridgehead atoms. The van der Waals surface area contributed by atoms with Gasteiger partial charge in [0.15, 0.2) is 5.65 Å². The summed E-state index contributed by atoms with van der Waals surface area (Å²) in [6.45, 7) is 3.83. The average molecular weight is 363 g/mol. The number of nitrogens with one attached hydrogen (secondary N) is 2. The fourth-order valence-electron chi connectivity index (χ4n) is 3.01. The number of anilines is 1. The molecule has 0 saturated heterocycles. The lowest BCUT2D eigenvalue weighted by molar-refractivity contribution is -0.115. The summed E-state index contributed by atoms with van der Waals surface area (Å²) in [5.41, 5.74) is 4.74. The van der Waals surface area contributed by atoms with Crippen LogP contribution in [0.5, 0.6) is 0 Å². The van der Waals surface area contributed by atoms with Gasteiger partial charge in [-0.15, -0.1) is 0 Å². The molecular weight excluding hydrogens is 342 g/mol. The van der Waals surface area contributed by atoms with Crippen LogP contribution in [0.15, 0.2) is 36.8 Å². The Morgan fingerprint density at radius 3 is 2.81 bits per heavy atom. The van der Waals surface area contributed by atoms with E-state index in [1.54, 1.807) is 12.4 Å². The van der Waals surface area contributed by atoms with Crippen LogP contribution in [0.25, 0.3) is 11.2 Å². The van der Waals surface area contributed by atoms with Crippen LogP contribution < -0.4 is 10.6 Å². The first-order valence-electron chi connectivity index (χ1n) is 9.00. The quantitative estimate of drug-likeness (QED) is 0.729. The second kappa shape index (κ2) is 6.83. The van der Waals surface area contributed by atoms with Gasteiger partial charge in [0.1, 0.15) is 5.52 Å². The highest BCUT2D eigenvalue weighted by atomic mass is 16.2. The van der Waals surface area contributed by atoms with Crippen molar-refractivity contribution < 1.29 is 9.59 Å². The number of fused-ring (bicyclic) bond motifs is 1. The molecule has 2 heterocycles. The van der Waals surface area contributed by atoms with Gasteiger partial charge >= 0.3 is 0 Å². The summed E-state index contributed by atoms with van der Waals surface area (Å²) in [4.78, 5) is 33.2. The van der Waals surface area contributed by atoms with Gasteiger partial charge in [0.2, 0.25) is 5.91 Å². The Bertz CT molecular complexity index is 1040. The first-order chi connectivity index (χ1) is 13.0. The van der Waals surface area contributed by atoms with E-state index in [1.165, 1.54) is 6.20 Å². The molecule has 1 fully saturated rings. The maximum Gasteiger partial charge on any atom is 0.253 e. The zero-order valence-electron chi connectivity index (χ0n) is 15.3. The lowest BCUT2D eigenvalue weighted by Gasteiger charge is -2.11. The van der Waals surface area contributed by atoms with Crippen molar-refractivity contribution in [3.8, 4) is 0 Å². The van der Waals surface area contributed by atoms with Crippen molar-refractivity contribution in [2.24, 2.45) is 0 Å². The molecule has 138 valence electrons. The van der Waals surface area contributed by atoms with Gasteiger partial charge < -0.3 is 15.2 Å². The Hall–Kier alpha value is -3.22.